The molecule has 0 fully saturated rings. The standard InChI is InChI=1S/C4H5N9O/c14-4(7-3-8-11-12-9-3)10-13-1-5-6-2-13/h1-2H,(H3,7,8,9,10,11,12,14). The summed E-state index contributed by atoms with van der Waals surface area (Å²) >= 11 is 0. The quantitative estimate of drug-likeness (QED) is 0.539. The third-order valence-electron chi connectivity index (χ3n) is 1.23. The summed E-state index contributed by atoms with van der Waals surface area (Å²) in [5.41, 5.74) is 2.39. The molecule has 0 radical (unpaired) electrons. The van der Waals surface area contributed by atoms with Crippen molar-refractivity contribution < 1.29 is 4.79 Å². The molecule has 72 valence electrons. The maximum absolute atomic E-state index is 11.2. The lowest BCUT2D eigenvalue weighted by molar-refractivity contribution is 0.259. The van der Waals surface area contributed by atoms with Crippen molar-refractivity contribution in [1.82, 2.24) is 35.5 Å². The first-order chi connectivity index (χ1) is 6.84. The molecule has 0 aliphatic carbocycles. The van der Waals surface area contributed by atoms with E-state index >= 15 is 0 Å². The number of H-pyrrole nitrogens is 1. The Hall–Kier alpha value is -2.52. The fraction of sp³-hybridized carbons (Fsp3) is 0. The Morgan fingerprint density at radius 2 is 2.21 bits per heavy atom. The molecule has 0 unspecified atom stereocenters. The summed E-state index contributed by atoms with van der Waals surface area (Å²) in [6.07, 6.45) is 2.66. The van der Waals surface area contributed by atoms with Crippen molar-refractivity contribution in [2.24, 2.45) is 0 Å². The monoisotopic (exact) mass is 195 g/mol. The summed E-state index contributed by atoms with van der Waals surface area (Å²) < 4.78 is 1.28. The molecule has 0 atom stereocenters. The van der Waals surface area contributed by atoms with Gasteiger partial charge in [-0.3, -0.25) is 5.32 Å². The molecule has 3 N–H and O–H groups in total. The molecule has 2 amide bonds. The fourth-order valence-corrected chi connectivity index (χ4v) is 0.723. The van der Waals surface area contributed by atoms with Gasteiger partial charge in [0.25, 0.3) is 0 Å². The molecule has 2 heterocycles. The van der Waals surface area contributed by atoms with Crippen molar-refractivity contribution in [3.05, 3.63) is 12.7 Å². The number of amides is 2. The Kier molecular flexibility index (Phi) is 2.01. The van der Waals surface area contributed by atoms with Gasteiger partial charge in [-0.1, -0.05) is 5.10 Å². The van der Waals surface area contributed by atoms with E-state index in [1.54, 1.807) is 0 Å². The van der Waals surface area contributed by atoms with Gasteiger partial charge in [-0.15, -0.1) is 10.2 Å². The first kappa shape index (κ1) is 8.10. The number of aromatic nitrogens is 7. The van der Waals surface area contributed by atoms with Gasteiger partial charge in [0.1, 0.15) is 12.7 Å². The van der Waals surface area contributed by atoms with Gasteiger partial charge in [-0.25, -0.2) is 20.0 Å². The van der Waals surface area contributed by atoms with E-state index in [-0.39, 0.29) is 5.95 Å². The third kappa shape index (κ3) is 1.80. The van der Waals surface area contributed by atoms with Crippen molar-refractivity contribution in [2.45, 2.75) is 0 Å². The summed E-state index contributed by atoms with van der Waals surface area (Å²) in [4.78, 5) is 11.2. The minimum atomic E-state index is -0.511. The zero-order chi connectivity index (χ0) is 9.80. The van der Waals surface area contributed by atoms with Crippen LogP contribution in [0.3, 0.4) is 0 Å². The number of hydrogen-bond donors (Lipinski definition) is 3. The van der Waals surface area contributed by atoms with Crippen LogP contribution < -0.4 is 10.7 Å². The predicted octanol–water partition coefficient (Wildman–Crippen LogP) is -1.43. The molecular weight excluding hydrogens is 190 g/mol. The van der Waals surface area contributed by atoms with Crippen LogP contribution in [0.2, 0.25) is 0 Å². The van der Waals surface area contributed by atoms with E-state index in [0.29, 0.717) is 0 Å². The molecule has 0 spiro atoms. The highest BCUT2D eigenvalue weighted by Gasteiger charge is 2.03. The number of rotatable bonds is 2. The van der Waals surface area contributed by atoms with Crippen molar-refractivity contribution in [1.29, 1.82) is 0 Å². The lowest BCUT2D eigenvalue weighted by Gasteiger charge is -2.02. The molecule has 14 heavy (non-hydrogen) atoms. The van der Waals surface area contributed by atoms with Gasteiger partial charge in [-0.05, 0) is 10.4 Å². The van der Waals surface area contributed by atoms with Crippen LogP contribution in [0, 0.1) is 0 Å². The minimum Gasteiger partial charge on any atom is -0.274 e. The summed E-state index contributed by atoms with van der Waals surface area (Å²) in [7, 11) is 0. The Bertz CT molecular complexity index is 352. The molecule has 0 aliphatic rings. The van der Waals surface area contributed by atoms with E-state index in [1.165, 1.54) is 17.3 Å². The van der Waals surface area contributed by atoms with Crippen LogP contribution in [0.15, 0.2) is 12.7 Å². The molecule has 0 aromatic carbocycles. The van der Waals surface area contributed by atoms with Gasteiger partial charge in [0.2, 0.25) is 5.95 Å². The lowest BCUT2D eigenvalue weighted by atomic mass is 10.9. The largest absolute Gasteiger partial charge is 0.340 e. The number of aromatic amines is 1. The Morgan fingerprint density at radius 3 is 2.86 bits per heavy atom. The summed E-state index contributed by atoms with van der Waals surface area (Å²) in [6, 6.07) is -0.511. The predicted molar refractivity (Wildman–Crippen MR) is 42.6 cm³/mol. The molecule has 0 saturated carbocycles. The Balaban J connectivity index is 1.91. The molecule has 10 heteroatoms. The number of anilines is 1. The molecular formula is C4H5N9O. The number of tetrazole rings is 1. The van der Waals surface area contributed by atoms with Gasteiger partial charge in [0.05, 0.1) is 0 Å². The summed E-state index contributed by atoms with van der Waals surface area (Å²) in [6.45, 7) is 0. The first-order valence-corrected chi connectivity index (χ1v) is 3.51. The molecule has 2 aromatic rings. The molecule has 2 aromatic heterocycles. The van der Waals surface area contributed by atoms with Crippen LogP contribution in [0.1, 0.15) is 0 Å². The highest BCUT2D eigenvalue weighted by molar-refractivity contribution is 5.93. The van der Waals surface area contributed by atoms with Gasteiger partial charge in [0.15, 0.2) is 0 Å². The van der Waals surface area contributed by atoms with E-state index < -0.39 is 6.03 Å². The third-order valence-corrected chi connectivity index (χ3v) is 1.23. The normalized spacial score (nSPS) is 9.71. The number of carbonyl (C=O) groups is 1. The highest BCUT2D eigenvalue weighted by atomic mass is 16.2. The second kappa shape index (κ2) is 3.47. The molecule has 0 bridgehead atoms. The van der Waals surface area contributed by atoms with Crippen molar-refractivity contribution in [3.63, 3.8) is 0 Å². The Labute approximate surface area is 76.7 Å². The van der Waals surface area contributed by atoms with E-state index in [0.717, 1.165) is 0 Å². The number of nitrogens with one attached hydrogen (secondary N) is 3. The Morgan fingerprint density at radius 1 is 1.43 bits per heavy atom. The summed E-state index contributed by atoms with van der Waals surface area (Å²) in [5.74, 6) is 0.149. The zero-order valence-corrected chi connectivity index (χ0v) is 6.75. The average Bonchev–Trinajstić information content (AvgIpc) is 2.76. The molecule has 0 aliphatic heterocycles. The van der Waals surface area contributed by atoms with E-state index in [2.05, 4.69) is 41.6 Å². The van der Waals surface area contributed by atoms with Crippen LogP contribution in [-0.4, -0.2) is 41.5 Å². The van der Waals surface area contributed by atoms with Crippen LogP contribution in [0.5, 0.6) is 0 Å². The number of hydrogen-bond acceptors (Lipinski definition) is 6. The smallest absolute Gasteiger partial charge is 0.274 e. The van der Waals surface area contributed by atoms with Gasteiger partial charge in [0, 0.05) is 0 Å². The van der Waals surface area contributed by atoms with Gasteiger partial charge >= 0.3 is 6.03 Å². The van der Waals surface area contributed by atoms with E-state index in [9.17, 15) is 4.79 Å². The van der Waals surface area contributed by atoms with Crippen LogP contribution >= 0.6 is 0 Å². The van der Waals surface area contributed by atoms with Crippen molar-refractivity contribution >= 4 is 12.0 Å². The second-order valence-electron chi connectivity index (χ2n) is 2.18. The van der Waals surface area contributed by atoms with Crippen LogP contribution in [0.4, 0.5) is 10.7 Å². The average molecular weight is 195 g/mol. The zero-order valence-electron chi connectivity index (χ0n) is 6.75. The maximum atomic E-state index is 11.2. The van der Waals surface area contributed by atoms with E-state index in [4.69, 9.17) is 0 Å². The topological polar surface area (TPSA) is 126 Å². The fourth-order valence-electron chi connectivity index (χ4n) is 0.723. The van der Waals surface area contributed by atoms with Gasteiger partial charge in [-0.2, -0.15) is 0 Å². The first-order valence-electron chi connectivity index (χ1n) is 3.51. The molecule has 0 saturated heterocycles. The maximum Gasteiger partial charge on any atom is 0.340 e. The summed E-state index contributed by atoms with van der Waals surface area (Å²) in [5, 5.41) is 21.7. The van der Waals surface area contributed by atoms with E-state index in [1.807, 2.05) is 0 Å². The SMILES string of the molecule is O=C(Nc1nnn[nH]1)Nn1cnnc1. The van der Waals surface area contributed by atoms with Crippen molar-refractivity contribution in [2.75, 3.05) is 10.7 Å². The lowest BCUT2D eigenvalue weighted by Crippen LogP contribution is -2.27. The van der Waals surface area contributed by atoms with Gasteiger partial charge < -0.3 is 0 Å². The molecule has 2 rings (SSSR count). The second-order valence-corrected chi connectivity index (χ2v) is 2.18. The van der Waals surface area contributed by atoms with Crippen molar-refractivity contribution in [3.8, 4) is 0 Å². The highest BCUT2D eigenvalue weighted by Crippen LogP contribution is 1.89. The van der Waals surface area contributed by atoms with Crippen LogP contribution in [0.25, 0.3) is 0 Å². The van der Waals surface area contributed by atoms with Crippen LogP contribution in [-0.2, 0) is 0 Å². The molecule has 10 nitrogen and oxygen atoms in total. The number of nitrogens with zero attached hydrogens (tertiary/aromatic N) is 6. The number of urea groups is 1. The minimum absolute atomic E-state index is 0.149. The number of carbonyl (C=O) groups excluding carboxylic acids is 1.